The third kappa shape index (κ3) is 5.06. The molecule has 2 aromatic heterocycles. The van der Waals surface area contributed by atoms with E-state index in [4.69, 9.17) is 8.83 Å². The fraction of sp³-hybridized carbons (Fsp3) is 0.250. The van der Waals surface area contributed by atoms with Crippen LogP contribution in [0.2, 0.25) is 0 Å². The quantitative estimate of drug-likeness (QED) is 0.179. The summed E-state index contributed by atoms with van der Waals surface area (Å²) in [6.45, 7) is 23.3. The summed E-state index contributed by atoms with van der Waals surface area (Å²) in [5, 5.41) is 4.66. The maximum atomic E-state index is 7.14. The number of hydrogen-bond acceptors (Lipinski definition) is 3. The lowest BCUT2D eigenvalue weighted by Gasteiger charge is -2.29. The maximum Gasteiger partial charge on any atom is 0.140 e. The molecule has 11 rings (SSSR count). The first-order valence-electron chi connectivity index (χ1n) is 21.2. The van der Waals surface area contributed by atoms with Gasteiger partial charge in [-0.2, -0.15) is 0 Å². The van der Waals surface area contributed by atoms with Crippen molar-refractivity contribution in [2.75, 3.05) is 4.90 Å². The minimum atomic E-state index is -0.321. The van der Waals surface area contributed by atoms with Gasteiger partial charge in [-0.05, 0) is 110 Å². The summed E-state index contributed by atoms with van der Waals surface area (Å²) in [6, 6.07) is 47.4. The molecule has 0 amide bonds. The second-order valence-electron chi connectivity index (χ2n) is 20.2. The van der Waals surface area contributed by atoms with Crippen LogP contribution in [-0.4, -0.2) is 0 Å². The molecule has 292 valence electrons. The molecular formula is C56H51NO2. The third-order valence-electron chi connectivity index (χ3n) is 13.7. The van der Waals surface area contributed by atoms with Crippen LogP contribution in [0.25, 0.3) is 66.1 Å². The minimum absolute atomic E-state index is 0.0137. The van der Waals surface area contributed by atoms with Crippen LogP contribution < -0.4 is 4.90 Å². The van der Waals surface area contributed by atoms with E-state index in [1.54, 1.807) is 0 Å². The number of fused-ring (bicyclic) bond motifs is 13. The van der Waals surface area contributed by atoms with Crippen molar-refractivity contribution in [2.24, 2.45) is 0 Å². The first-order valence-corrected chi connectivity index (χ1v) is 21.2. The predicted octanol–water partition coefficient (Wildman–Crippen LogP) is 16.2. The summed E-state index contributed by atoms with van der Waals surface area (Å²) >= 11 is 0. The Morgan fingerprint density at radius 3 is 1.73 bits per heavy atom. The summed E-state index contributed by atoms with van der Waals surface area (Å²) < 4.78 is 13.6. The monoisotopic (exact) mass is 769 g/mol. The lowest BCUT2D eigenvalue weighted by atomic mass is 9.79. The van der Waals surface area contributed by atoms with Crippen LogP contribution in [0.4, 0.5) is 17.1 Å². The van der Waals surface area contributed by atoms with Gasteiger partial charge in [0.05, 0.1) is 0 Å². The lowest BCUT2D eigenvalue weighted by Crippen LogP contribution is -2.18. The molecule has 3 nitrogen and oxygen atoms in total. The number of para-hydroxylation sites is 1. The van der Waals surface area contributed by atoms with Crippen LogP contribution in [0.5, 0.6) is 0 Å². The second kappa shape index (κ2) is 11.8. The van der Waals surface area contributed by atoms with Gasteiger partial charge in [0.2, 0.25) is 0 Å². The number of hydrogen-bond donors (Lipinski definition) is 0. The largest absolute Gasteiger partial charge is 0.456 e. The van der Waals surface area contributed by atoms with Crippen molar-refractivity contribution >= 4 is 60.9 Å². The average Bonchev–Trinajstić information content (AvgIpc) is 3.89. The molecule has 0 N–H and O–H groups in total. The van der Waals surface area contributed by atoms with Crippen LogP contribution in [0, 0.1) is 0 Å². The van der Waals surface area contributed by atoms with E-state index in [0.29, 0.717) is 0 Å². The van der Waals surface area contributed by atoms with E-state index < -0.39 is 0 Å². The van der Waals surface area contributed by atoms with Crippen LogP contribution in [0.3, 0.4) is 0 Å². The lowest BCUT2D eigenvalue weighted by molar-refractivity contribution is 0.556. The number of anilines is 3. The fourth-order valence-corrected chi connectivity index (χ4v) is 10.5. The van der Waals surface area contributed by atoms with Gasteiger partial charge in [0.15, 0.2) is 0 Å². The number of rotatable bonds is 3. The van der Waals surface area contributed by atoms with Crippen molar-refractivity contribution in [3.05, 3.63) is 161 Å². The summed E-state index contributed by atoms with van der Waals surface area (Å²) in [6.07, 6.45) is 0. The van der Waals surface area contributed by atoms with E-state index >= 15 is 0 Å². The molecular weight excluding hydrogens is 719 g/mol. The Balaban J connectivity index is 1.11. The van der Waals surface area contributed by atoms with Gasteiger partial charge >= 0.3 is 0 Å². The Morgan fingerprint density at radius 1 is 0.424 bits per heavy atom. The standard InChI is InChI=1S/C56H51NO2/c1-53(2,3)32-27-43-42-26-25-41-38-23-20-34(30-46(38)56(9,10)50(41)52(42)59-51(43)47(28-32)54(4,5)6)57(35-21-24-40-39-16-12-14-18-48(39)58-49(40)31-35)33-19-22-37-36-15-11-13-17-44(36)55(7,8)45(37)29-33/h11-31H,1-10H3. The van der Waals surface area contributed by atoms with Gasteiger partial charge in [0.25, 0.3) is 0 Å². The maximum absolute atomic E-state index is 7.14. The smallest absolute Gasteiger partial charge is 0.140 e. The van der Waals surface area contributed by atoms with E-state index in [-0.39, 0.29) is 21.7 Å². The summed E-state index contributed by atoms with van der Waals surface area (Å²) in [7, 11) is 0. The molecule has 59 heavy (non-hydrogen) atoms. The molecule has 0 spiro atoms. The fourth-order valence-electron chi connectivity index (χ4n) is 10.5. The number of furan rings is 2. The Hall–Kier alpha value is -6.06. The molecule has 0 unspecified atom stereocenters. The van der Waals surface area contributed by atoms with Gasteiger partial charge in [-0.25, -0.2) is 0 Å². The molecule has 0 saturated heterocycles. The number of nitrogens with zero attached hydrogens (tertiary/aromatic N) is 1. The van der Waals surface area contributed by atoms with Crippen LogP contribution >= 0.6 is 0 Å². The summed E-state index contributed by atoms with van der Waals surface area (Å²) in [4.78, 5) is 2.42. The summed E-state index contributed by atoms with van der Waals surface area (Å²) in [5.74, 6) is 0. The molecule has 2 heterocycles. The molecule has 2 aliphatic carbocycles. The topological polar surface area (TPSA) is 29.5 Å². The Labute approximate surface area is 347 Å². The van der Waals surface area contributed by atoms with Crippen molar-refractivity contribution in [3.8, 4) is 22.3 Å². The van der Waals surface area contributed by atoms with Gasteiger partial charge in [0, 0.05) is 66.6 Å². The van der Waals surface area contributed by atoms with Gasteiger partial charge in [-0.1, -0.05) is 136 Å². The molecule has 0 fully saturated rings. The molecule has 0 saturated carbocycles. The first-order chi connectivity index (χ1) is 28.0. The van der Waals surface area contributed by atoms with E-state index in [0.717, 1.165) is 50.2 Å². The van der Waals surface area contributed by atoms with Crippen molar-refractivity contribution < 1.29 is 8.83 Å². The first kappa shape index (κ1) is 36.1. The second-order valence-corrected chi connectivity index (χ2v) is 20.2. The highest BCUT2D eigenvalue weighted by Gasteiger charge is 2.40. The average molecular weight is 770 g/mol. The van der Waals surface area contributed by atoms with E-state index in [9.17, 15) is 0 Å². The molecule has 0 atom stereocenters. The Kier molecular flexibility index (Phi) is 7.20. The highest BCUT2D eigenvalue weighted by molar-refractivity contribution is 6.11. The highest BCUT2D eigenvalue weighted by atomic mass is 16.3. The zero-order chi connectivity index (χ0) is 41.0. The zero-order valence-electron chi connectivity index (χ0n) is 35.9. The van der Waals surface area contributed by atoms with Crippen molar-refractivity contribution in [2.45, 2.75) is 90.9 Å². The van der Waals surface area contributed by atoms with Crippen molar-refractivity contribution in [1.29, 1.82) is 0 Å². The molecule has 9 aromatic rings. The molecule has 7 aromatic carbocycles. The number of benzene rings is 7. The molecule has 0 bridgehead atoms. The molecule has 3 heteroatoms. The zero-order valence-corrected chi connectivity index (χ0v) is 35.9. The van der Waals surface area contributed by atoms with Crippen molar-refractivity contribution in [3.63, 3.8) is 0 Å². The van der Waals surface area contributed by atoms with E-state index in [1.807, 2.05) is 6.07 Å². The Bertz CT molecular complexity index is 3240. The Morgan fingerprint density at radius 2 is 1.00 bits per heavy atom. The molecule has 0 radical (unpaired) electrons. The summed E-state index contributed by atoms with van der Waals surface area (Å²) in [5.41, 5.74) is 19.6. The van der Waals surface area contributed by atoms with Gasteiger partial charge in [0.1, 0.15) is 22.3 Å². The van der Waals surface area contributed by atoms with E-state index in [1.165, 1.54) is 66.4 Å². The minimum Gasteiger partial charge on any atom is -0.456 e. The van der Waals surface area contributed by atoms with Crippen molar-refractivity contribution in [1.82, 2.24) is 0 Å². The van der Waals surface area contributed by atoms with Gasteiger partial charge in [-0.3, -0.25) is 0 Å². The SMILES string of the molecule is CC(C)(C)c1cc(C(C)(C)C)c2oc3c4c(ccc3c2c1)-c1ccc(N(c2ccc3c(c2)C(C)(C)c2ccccc2-3)c2ccc3c(c2)oc2ccccc23)cc1C4(C)C. The predicted molar refractivity (Wildman–Crippen MR) is 248 cm³/mol. The van der Waals surface area contributed by atoms with Crippen LogP contribution in [0.15, 0.2) is 136 Å². The van der Waals surface area contributed by atoms with E-state index in [2.05, 4.69) is 195 Å². The van der Waals surface area contributed by atoms with Gasteiger partial charge in [-0.15, -0.1) is 0 Å². The molecule has 0 aliphatic heterocycles. The van der Waals surface area contributed by atoms with Gasteiger partial charge < -0.3 is 13.7 Å². The normalized spacial score (nSPS) is 15.2. The van der Waals surface area contributed by atoms with Crippen LogP contribution in [-0.2, 0) is 21.7 Å². The third-order valence-corrected chi connectivity index (χ3v) is 13.7. The van der Waals surface area contributed by atoms with Crippen LogP contribution in [0.1, 0.15) is 103 Å². The highest BCUT2D eigenvalue weighted by Crippen LogP contribution is 2.56. The molecule has 2 aliphatic rings.